The Bertz CT molecular complexity index is 476. The van der Waals surface area contributed by atoms with E-state index < -0.39 is 5.54 Å². The zero-order valence-electron chi connectivity index (χ0n) is 11.5. The van der Waals surface area contributed by atoms with Crippen molar-refractivity contribution in [2.45, 2.75) is 12.1 Å². The summed E-state index contributed by atoms with van der Waals surface area (Å²) < 4.78 is 10.8. The van der Waals surface area contributed by atoms with Crippen molar-refractivity contribution in [2.75, 3.05) is 19.8 Å². The topological polar surface area (TPSA) is 38.8 Å². The van der Waals surface area contributed by atoms with Gasteiger partial charge in [0, 0.05) is 6.54 Å². The van der Waals surface area contributed by atoms with Gasteiger partial charge >= 0.3 is 6.09 Å². The van der Waals surface area contributed by atoms with Gasteiger partial charge < -0.3 is 9.47 Å². The zero-order valence-corrected chi connectivity index (χ0v) is 11.5. The number of benzene rings is 1. The summed E-state index contributed by atoms with van der Waals surface area (Å²) in [5.74, 6) is 0. The van der Waals surface area contributed by atoms with Crippen molar-refractivity contribution in [2.24, 2.45) is 0 Å². The van der Waals surface area contributed by atoms with Gasteiger partial charge in [-0.3, -0.25) is 4.90 Å². The molecular weight excluding hydrogens is 254 g/mol. The number of carbonyl (C=O) groups is 1. The summed E-state index contributed by atoms with van der Waals surface area (Å²) in [7, 11) is 0. The second-order valence-electron chi connectivity index (χ2n) is 4.64. The summed E-state index contributed by atoms with van der Waals surface area (Å²) >= 11 is 0. The van der Waals surface area contributed by atoms with E-state index in [1.54, 1.807) is 17.1 Å². The number of amides is 1. The highest BCUT2D eigenvalue weighted by Crippen LogP contribution is 2.24. The summed E-state index contributed by atoms with van der Waals surface area (Å²) in [4.78, 5) is 13.9. The Balaban J connectivity index is 2.03. The first-order valence-corrected chi connectivity index (χ1v) is 6.55. The number of morpholine rings is 1. The third kappa shape index (κ3) is 2.91. The maximum absolute atomic E-state index is 12.3. The molecule has 1 saturated heterocycles. The van der Waals surface area contributed by atoms with Gasteiger partial charge in [0.2, 0.25) is 0 Å². The SMILES string of the molecule is C=CC1(C=C)COCCN1C(=O)OCc1ccccc1. The van der Waals surface area contributed by atoms with Crippen molar-refractivity contribution in [3.8, 4) is 0 Å². The number of nitrogens with zero attached hydrogens (tertiary/aromatic N) is 1. The van der Waals surface area contributed by atoms with Crippen LogP contribution in [0.25, 0.3) is 0 Å². The average molecular weight is 273 g/mol. The minimum Gasteiger partial charge on any atom is -0.445 e. The molecule has 1 aromatic rings. The predicted molar refractivity (Wildman–Crippen MR) is 77.3 cm³/mol. The Kier molecular flexibility index (Phi) is 4.58. The highest BCUT2D eigenvalue weighted by atomic mass is 16.6. The lowest BCUT2D eigenvalue weighted by Gasteiger charge is -2.42. The van der Waals surface area contributed by atoms with E-state index in [1.807, 2.05) is 30.3 Å². The number of hydrogen-bond acceptors (Lipinski definition) is 3. The Labute approximate surface area is 119 Å². The smallest absolute Gasteiger partial charge is 0.411 e. The van der Waals surface area contributed by atoms with Gasteiger partial charge in [-0.05, 0) is 5.56 Å². The highest BCUT2D eigenvalue weighted by Gasteiger charge is 2.38. The second kappa shape index (κ2) is 6.39. The quantitative estimate of drug-likeness (QED) is 0.792. The van der Waals surface area contributed by atoms with Crippen molar-refractivity contribution < 1.29 is 14.3 Å². The Morgan fingerprint density at radius 3 is 2.70 bits per heavy atom. The molecule has 1 amide bonds. The lowest BCUT2D eigenvalue weighted by molar-refractivity contribution is -0.0233. The first-order valence-electron chi connectivity index (χ1n) is 6.55. The molecule has 0 unspecified atom stereocenters. The van der Waals surface area contributed by atoms with E-state index >= 15 is 0 Å². The van der Waals surface area contributed by atoms with Gasteiger partial charge in [0.15, 0.2) is 0 Å². The van der Waals surface area contributed by atoms with E-state index in [1.165, 1.54) is 0 Å². The van der Waals surface area contributed by atoms with Crippen LogP contribution in [-0.2, 0) is 16.1 Å². The van der Waals surface area contributed by atoms with Gasteiger partial charge in [0.25, 0.3) is 0 Å². The van der Waals surface area contributed by atoms with Crippen LogP contribution in [0, 0.1) is 0 Å². The van der Waals surface area contributed by atoms with Crippen molar-refractivity contribution in [3.05, 3.63) is 61.2 Å². The minimum atomic E-state index is -0.688. The molecule has 0 bridgehead atoms. The van der Waals surface area contributed by atoms with E-state index in [0.29, 0.717) is 19.8 Å². The zero-order chi connectivity index (χ0) is 14.4. The molecule has 0 saturated carbocycles. The maximum Gasteiger partial charge on any atom is 0.411 e. The molecule has 0 spiro atoms. The van der Waals surface area contributed by atoms with Gasteiger partial charge in [0.1, 0.15) is 12.1 Å². The molecule has 106 valence electrons. The van der Waals surface area contributed by atoms with Crippen molar-refractivity contribution >= 4 is 6.09 Å². The Morgan fingerprint density at radius 2 is 2.05 bits per heavy atom. The highest BCUT2D eigenvalue weighted by molar-refractivity contribution is 5.70. The largest absolute Gasteiger partial charge is 0.445 e. The molecule has 0 radical (unpaired) electrons. The van der Waals surface area contributed by atoms with Crippen LogP contribution < -0.4 is 0 Å². The molecule has 0 aromatic heterocycles. The lowest BCUT2D eigenvalue weighted by Crippen LogP contribution is -2.56. The van der Waals surface area contributed by atoms with Crippen LogP contribution >= 0.6 is 0 Å². The average Bonchev–Trinajstić information content (AvgIpc) is 2.53. The Morgan fingerprint density at radius 1 is 1.35 bits per heavy atom. The maximum atomic E-state index is 12.3. The summed E-state index contributed by atoms with van der Waals surface area (Å²) in [5, 5.41) is 0. The first kappa shape index (κ1) is 14.3. The van der Waals surface area contributed by atoms with Gasteiger partial charge in [-0.2, -0.15) is 0 Å². The van der Waals surface area contributed by atoms with Crippen LogP contribution in [0.4, 0.5) is 4.79 Å². The van der Waals surface area contributed by atoms with Crippen LogP contribution in [-0.4, -0.2) is 36.3 Å². The molecule has 20 heavy (non-hydrogen) atoms. The molecule has 1 aromatic carbocycles. The fraction of sp³-hybridized carbons (Fsp3) is 0.312. The molecule has 1 aliphatic heterocycles. The van der Waals surface area contributed by atoms with E-state index in [0.717, 1.165) is 5.56 Å². The van der Waals surface area contributed by atoms with Crippen LogP contribution in [0.5, 0.6) is 0 Å². The van der Waals surface area contributed by atoms with Crippen molar-refractivity contribution in [1.82, 2.24) is 4.90 Å². The van der Waals surface area contributed by atoms with Crippen LogP contribution in [0.2, 0.25) is 0 Å². The summed E-state index contributed by atoms with van der Waals surface area (Å²) in [6.45, 7) is 9.12. The Hall–Kier alpha value is -2.07. The molecule has 0 N–H and O–H groups in total. The second-order valence-corrected chi connectivity index (χ2v) is 4.64. The fourth-order valence-electron chi connectivity index (χ4n) is 2.16. The van der Waals surface area contributed by atoms with Crippen LogP contribution in [0.3, 0.4) is 0 Å². The van der Waals surface area contributed by atoms with Gasteiger partial charge in [-0.25, -0.2) is 4.79 Å². The summed E-state index contributed by atoms with van der Waals surface area (Å²) in [5.41, 5.74) is 0.267. The molecule has 4 heteroatoms. The number of ether oxygens (including phenoxy) is 2. The van der Waals surface area contributed by atoms with Gasteiger partial charge in [0.05, 0.1) is 13.2 Å². The molecule has 1 fully saturated rings. The van der Waals surface area contributed by atoms with Crippen LogP contribution in [0.15, 0.2) is 55.6 Å². The standard InChI is InChI=1S/C16H19NO3/c1-3-16(4-2)13-19-11-10-17(16)15(18)20-12-14-8-6-5-7-9-14/h3-9H,1-2,10-13H2. The molecule has 2 rings (SSSR count). The number of hydrogen-bond donors (Lipinski definition) is 0. The van der Waals surface area contributed by atoms with E-state index in [2.05, 4.69) is 13.2 Å². The molecular formula is C16H19NO3. The third-order valence-electron chi connectivity index (χ3n) is 3.43. The molecule has 1 aliphatic rings. The van der Waals surface area contributed by atoms with Gasteiger partial charge in [-0.15, -0.1) is 13.2 Å². The monoisotopic (exact) mass is 273 g/mol. The van der Waals surface area contributed by atoms with E-state index in [9.17, 15) is 4.79 Å². The normalized spacial score (nSPS) is 17.3. The fourth-order valence-corrected chi connectivity index (χ4v) is 2.16. The molecule has 1 heterocycles. The first-order chi connectivity index (χ1) is 9.72. The van der Waals surface area contributed by atoms with Crippen LogP contribution in [0.1, 0.15) is 5.56 Å². The summed E-state index contributed by atoms with van der Waals surface area (Å²) in [6, 6.07) is 9.58. The molecule has 0 aliphatic carbocycles. The van der Waals surface area contributed by atoms with Gasteiger partial charge in [-0.1, -0.05) is 42.5 Å². The van der Waals surface area contributed by atoms with Crippen molar-refractivity contribution in [3.63, 3.8) is 0 Å². The molecule has 0 atom stereocenters. The predicted octanol–water partition coefficient (Wildman–Crippen LogP) is 2.77. The minimum absolute atomic E-state index is 0.251. The number of carbonyl (C=O) groups excluding carboxylic acids is 1. The van der Waals surface area contributed by atoms with Crippen molar-refractivity contribution in [1.29, 1.82) is 0 Å². The van der Waals surface area contributed by atoms with E-state index in [4.69, 9.17) is 9.47 Å². The third-order valence-corrected chi connectivity index (χ3v) is 3.43. The van der Waals surface area contributed by atoms with E-state index in [-0.39, 0.29) is 12.7 Å². The number of rotatable bonds is 4. The molecule has 4 nitrogen and oxygen atoms in total. The lowest BCUT2D eigenvalue weighted by atomic mass is 9.98. The summed E-state index contributed by atoms with van der Waals surface area (Å²) in [6.07, 6.45) is 2.96.